The molecule has 0 aliphatic carbocycles. The van der Waals surface area contributed by atoms with Gasteiger partial charge in [-0.2, -0.15) is 0 Å². The van der Waals surface area contributed by atoms with Gasteiger partial charge in [-0.15, -0.1) is 0 Å². The van der Waals surface area contributed by atoms with Crippen LogP contribution in [0.15, 0.2) is 18.2 Å². The minimum atomic E-state index is 0.325. The number of ether oxygens (including phenoxy) is 2. The fourth-order valence-electron chi connectivity index (χ4n) is 1.62. The summed E-state index contributed by atoms with van der Waals surface area (Å²) in [5.74, 6) is 0.952. The highest BCUT2D eigenvalue weighted by atomic mass is 16.5. The maximum absolute atomic E-state index is 5.84. The molecule has 1 aromatic rings. The Bertz CT molecular complexity index is 290. The molecule has 2 rings (SSSR count). The molecular weight excluding hydrogens is 176 g/mol. The van der Waals surface area contributed by atoms with Crippen LogP contribution in [0.4, 0.5) is 0 Å². The molecule has 0 saturated carbocycles. The molecule has 75 valence electrons. The van der Waals surface area contributed by atoms with Crippen LogP contribution >= 0.6 is 0 Å². The molecule has 1 aliphatic heterocycles. The number of rotatable bonds is 2. The Labute approximate surface area is 84.8 Å². The normalized spacial score (nSPS) is 18.1. The summed E-state index contributed by atoms with van der Waals surface area (Å²) in [4.78, 5) is 0. The van der Waals surface area contributed by atoms with Gasteiger partial charge in [0.15, 0.2) is 0 Å². The van der Waals surface area contributed by atoms with Crippen molar-refractivity contribution in [3.05, 3.63) is 29.8 Å². The summed E-state index contributed by atoms with van der Waals surface area (Å²) in [5.41, 5.74) is 1.12. The van der Waals surface area contributed by atoms with Gasteiger partial charge in [0.2, 0.25) is 0 Å². The van der Waals surface area contributed by atoms with Gasteiger partial charge in [0.1, 0.15) is 11.9 Å². The van der Waals surface area contributed by atoms with Crippen molar-refractivity contribution < 1.29 is 9.47 Å². The molecule has 0 unspecified atom stereocenters. The Hall–Kier alpha value is -1.02. The van der Waals surface area contributed by atoms with E-state index in [-0.39, 0.29) is 0 Å². The van der Waals surface area contributed by atoms with Gasteiger partial charge in [0, 0.05) is 12.8 Å². The van der Waals surface area contributed by atoms with E-state index in [1.54, 1.807) is 0 Å². The van der Waals surface area contributed by atoms with Gasteiger partial charge < -0.3 is 9.47 Å². The molecule has 2 nitrogen and oxygen atoms in total. The lowest BCUT2D eigenvalue weighted by atomic mass is 10.1. The number of aryl methyl sites for hydroxylation is 1. The molecule has 1 fully saturated rings. The molecule has 0 aromatic heterocycles. The van der Waals surface area contributed by atoms with E-state index in [4.69, 9.17) is 9.47 Å². The first-order chi connectivity index (χ1) is 6.84. The summed E-state index contributed by atoms with van der Waals surface area (Å²) in [6.45, 7) is 3.67. The van der Waals surface area contributed by atoms with E-state index in [1.165, 1.54) is 0 Å². The second-order valence-electron chi connectivity index (χ2n) is 3.64. The quantitative estimate of drug-likeness (QED) is 0.714. The van der Waals surface area contributed by atoms with E-state index >= 15 is 0 Å². The predicted octanol–water partition coefficient (Wildman–Crippen LogP) is 2.35. The zero-order valence-electron chi connectivity index (χ0n) is 8.45. The molecule has 14 heavy (non-hydrogen) atoms. The van der Waals surface area contributed by atoms with E-state index in [2.05, 4.69) is 6.07 Å². The number of benzene rings is 1. The lowest BCUT2D eigenvalue weighted by molar-refractivity contribution is 0.0255. The molecule has 1 heterocycles. The van der Waals surface area contributed by atoms with Gasteiger partial charge in [-0.1, -0.05) is 6.07 Å². The van der Waals surface area contributed by atoms with Gasteiger partial charge in [-0.3, -0.25) is 0 Å². The van der Waals surface area contributed by atoms with Crippen LogP contribution in [0.1, 0.15) is 18.4 Å². The van der Waals surface area contributed by atoms with Crippen LogP contribution in [0.25, 0.3) is 0 Å². The third kappa shape index (κ3) is 2.48. The van der Waals surface area contributed by atoms with Gasteiger partial charge in [-0.25, -0.2) is 0 Å². The summed E-state index contributed by atoms with van der Waals surface area (Å²) < 4.78 is 11.1. The van der Waals surface area contributed by atoms with Crippen molar-refractivity contribution in [2.45, 2.75) is 25.9 Å². The van der Waals surface area contributed by atoms with Gasteiger partial charge in [0.05, 0.1) is 13.2 Å². The maximum Gasteiger partial charge on any atom is 0.120 e. The Balaban J connectivity index is 1.95. The average molecular weight is 191 g/mol. The molecule has 1 saturated heterocycles. The van der Waals surface area contributed by atoms with Gasteiger partial charge in [-0.05, 0) is 30.7 Å². The van der Waals surface area contributed by atoms with Crippen LogP contribution in [0.2, 0.25) is 0 Å². The first kappa shape index (κ1) is 9.53. The third-order valence-corrected chi connectivity index (χ3v) is 2.39. The summed E-state index contributed by atoms with van der Waals surface area (Å²) in [6, 6.07) is 9.00. The van der Waals surface area contributed by atoms with Crippen LogP contribution in [0.5, 0.6) is 5.75 Å². The molecule has 1 aromatic carbocycles. The first-order valence-corrected chi connectivity index (χ1v) is 5.07. The summed E-state index contributed by atoms with van der Waals surface area (Å²) in [7, 11) is 0. The molecule has 2 heteroatoms. The van der Waals surface area contributed by atoms with E-state index in [0.29, 0.717) is 6.10 Å². The largest absolute Gasteiger partial charge is 0.490 e. The second kappa shape index (κ2) is 4.47. The highest BCUT2D eigenvalue weighted by molar-refractivity contribution is 5.26. The SMILES string of the molecule is Cc1[c]ccc(OC2CCOCC2)c1. The predicted molar refractivity (Wildman–Crippen MR) is 54.5 cm³/mol. The smallest absolute Gasteiger partial charge is 0.120 e. The topological polar surface area (TPSA) is 18.5 Å². The average Bonchev–Trinajstić information content (AvgIpc) is 2.19. The summed E-state index contributed by atoms with van der Waals surface area (Å²) in [6.07, 6.45) is 2.32. The van der Waals surface area contributed by atoms with Crippen molar-refractivity contribution in [1.82, 2.24) is 0 Å². The molecule has 0 amide bonds. The zero-order valence-corrected chi connectivity index (χ0v) is 8.45. The van der Waals surface area contributed by atoms with Crippen molar-refractivity contribution in [2.24, 2.45) is 0 Å². The first-order valence-electron chi connectivity index (χ1n) is 5.07. The van der Waals surface area contributed by atoms with Crippen molar-refractivity contribution in [2.75, 3.05) is 13.2 Å². The van der Waals surface area contributed by atoms with Gasteiger partial charge >= 0.3 is 0 Å². The van der Waals surface area contributed by atoms with Gasteiger partial charge in [0.25, 0.3) is 0 Å². The second-order valence-corrected chi connectivity index (χ2v) is 3.64. The fourth-order valence-corrected chi connectivity index (χ4v) is 1.62. The maximum atomic E-state index is 5.84. The molecule has 1 radical (unpaired) electrons. The van der Waals surface area contributed by atoms with E-state index < -0.39 is 0 Å². The van der Waals surface area contributed by atoms with Crippen LogP contribution < -0.4 is 4.74 Å². The van der Waals surface area contributed by atoms with Crippen molar-refractivity contribution in [1.29, 1.82) is 0 Å². The fraction of sp³-hybridized carbons (Fsp3) is 0.500. The highest BCUT2D eigenvalue weighted by Gasteiger charge is 2.14. The van der Waals surface area contributed by atoms with Crippen LogP contribution in [-0.4, -0.2) is 19.3 Å². The lowest BCUT2D eigenvalue weighted by Crippen LogP contribution is -2.25. The number of hydrogen-bond acceptors (Lipinski definition) is 2. The monoisotopic (exact) mass is 191 g/mol. The van der Waals surface area contributed by atoms with Crippen molar-refractivity contribution in [3.8, 4) is 5.75 Å². The molecular formula is C12H15O2. The molecule has 1 aliphatic rings. The zero-order chi connectivity index (χ0) is 9.80. The van der Waals surface area contributed by atoms with Crippen molar-refractivity contribution >= 4 is 0 Å². The van der Waals surface area contributed by atoms with Crippen LogP contribution in [0, 0.1) is 13.0 Å². The summed E-state index contributed by atoms with van der Waals surface area (Å²) in [5, 5.41) is 0. The lowest BCUT2D eigenvalue weighted by Gasteiger charge is -2.23. The summed E-state index contributed by atoms with van der Waals surface area (Å²) >= 11 is 0. The third-order valence-electron chi connectivity index (χ3n) is 2.39. The molecule has 0 spiro atoms. The van der Waals surface area contributed by atoms with Crippen molar-refractivity contribution in [3.63, 3.8) is 0 Å². The molecule has 0 N–H and O–H groups in total. The standard InChI is InChI=1S/C12H15O2/c1-10-3-2-4-12(9-10)14-11-5-7-13-8-6-11/h2,4,9,11H,5-8H2,1H3. The molecule has 0 atom stereocenters. The Morgan fingerprint density at radius 2 is 2.21 bits per heavy atom. The van der Waals surface area contributed by atoms with Crippen LogP contribution in [0.3, 0.4) is 0 Å². The minimum absolute atomic E-state index is 0.325. The molecule has 0 bridgehead atoms. The Morgan fingerprint density at radius 1 is 1.43 bits per heavy atom. The highest BCUT2D eigenvalue weighted by Crippen LogP contribution is 2.18. The Morgan fingerprint density at radius 3 is 2.93 bits per heavy atom. The minimum Gasteiger partial charge on any atom is -0.490 e. The van der Waals surface area contributed by atoms with E-state index in [1.807, 2.05) is 25.1 Å². The van der Waals surface area contributed by atoms with E-state index in [0.717, 1.165) is 37.4 Å². The van der Waals surface area contributed by atoms with Crippen LogP contribution in [-0.2, 0) is 4.74 Å². The Kier molecular flexibility index (Phi) is 3.04. The van der Waals surface area contributed by atoms with E-state index in [9.17, 15) is 0 Å². The number of hydrogen-bond donors (Lipinski definition) is 0.